The number of nitrogens with one attached hydrogen (secondary N) is 1. The highest BCUT2D eigenvalue weighted by Gasteiger charge is 2.21. The van der Waals surface area contributed by atoms with E-state index < -0.39 is 33.9 Å². The maximum atomic E-state index is 13.6. The van der Waals surface area contributed by atoms with E-state index in [2.05, 4.69) is 10.3 Å². The van der Waals surface area contributed by atoms with Gasteiger partial charge in [0.1, 0.15) is 5.01 Å². The Labute approximate surface area is 120 Å². The van der Waals surface area contributed by atoms with Crippen LogP contribution in [0.5, 0.6) is 0 Å². The zero-order valence-corrected chi connectivity index (χ0v) is 11.0. The van der Waals surface area contributed by atoms with Gasteiger partial charge in [0.2, 0.25) is 0 Å². The van der Waals surface area contributed by atoms with E-state index in [1.54, 1.807) is 0 Å². The van der Waals surface area contributed by atoms with Gasteiger partial charge in [0.15, 0.2) is 23.0 Å². The van der Waals surface area contributed by atoms with Crippen LogP contribution in [-0.2, 0) is 6.54 Å². The van der Waals surface area contributed by atoms with Crippen molar-refractivity contribution >= 4 is 28.7 Å². The van der Waals surface area contributed by atoms with E-state index in [9.17, 15) is 23.7 Å². The Morgan fingerprint density at radius 3 is 2.76 bits per heavy atom. The van der Waals surface area contributed by atoms with Crippen LogP contribution in [-0.4, -0.2) is 21.0 Å². The number of benzene rings is 1. The molecule has 0 saturated heterocycles. The highest BCUT2D eigenvalue weighted by atomic mass is 32.1. The molecule has 0 aliphatic carbocycles. The second-order valence-electron chi connectivity index (χ2n) is 3.80. The van der Waals surface area contributed by atoms with Crippen molar-refractivity contribution in [3.05, 3.63) is 50.0 Å². The van der Waals surface area contributed by atoms with Gasteiger partial charge in [0.05, 0.1) is 11.5 Å². The molecule has 0 amide bonds. The normalized spacial score (nSPS) is 10.4. The molecule has 2 aromatic rings. The van der Waals surface area contributed by atoms with Crippen LogP contribution in [0.15, 0.2) is 17.5 Å². The molecule has 0 spiro atoms. The lowest BCUT2D eigenvalue weighted by molar-refractivity contribution is -0.384. The summed E-state index contributed by atoms with van der Waals surface area (Å²) in [5.41, 5.74) is -1.41. The second kappa shape index (κ2) is 5.79. The number of nitrogens with zero attached hydrogens (tertiary/aromatic N) is 2. The standard InChI is InChI=1S/C11H7F2N3O4S/c12-5-1-2-7(16(19)20)10(9(5)13)14-3-8-15-6(4-21-8)11(17)18/h1-2,4,14H,3H2,(H,17,18). The SMILES string of the molecule is O=C(O)c1csc(CNc2c([N+](=O)[O-])ccc(F)c2F)n1. The number of aromatic carboxylic acids is 1. The topological polar surface area (TPSA) is 105 Å². The van der Waals surface area contributed by atoms with E-state index in [1.165, 1.54) is 5.38 Å². The van der Waals surface area contributed by atoms with Gasteiger partial charge in [0.25, 0.3) is 5.69 Å². The number of aromatic nitrogens is 1. The first-order valence-corrected chi connectivity index (χ1v) is 6.32. The number of carbonyl (C=O) groups is 1. The van der Waals surface area contributed by atoms with Crippen LogP contribution in [0, 0.1) is 21.7 Å². The number of hydrogen-bond acceptors (Lipinski definition) is 6. The Hall–Kier alpha value is -2.62. The van der Waals surface area contributed by atoms with Crippen LogP contribution in [0.2, 0.25) is 0 Å². The van der Waals surface area contributed by atoms with E-state index in [-0.39, 0.29) is 17.2 Å². The van der Waals surface area contributed by atoms with E-state index in [0.717, 1.165) is 17.4 Å². The lowest BCUT2D eigenvalue weighted by Crippen LogP contribution is -2.06. The molecule has 1 aromatic carbocycles. The minimum absolute atomic E-state index is 0.168. The van der Waals surface area contributed by atoms with Gasteiger partial charge in [-0.3, -0.25) is 10.1 Å². The molecule has 0 aliphatic heterocycles. The van der Waals surface area contributed by atoms with Crippen LogP contribution in [0.25, 0.3) is 0 Å². The molecule has 0 fully saturated rings. The molecule has 2 N–H and O–H groups in total. The monoisotopic (exact) mass is 315 g/mol. The lowest BCUT2D eigenvalue weighted by atomic mass is 10.2. The Kier molecular flexibility index (Phi) is 4.08. The molecule has 21 heavy (non-hydrogen) atoms. The van der Waals surface area contributed by atoms with Crippen molar-refractivity contribution in [2.24, 2.45) is 0 Å². The number of nitro benzene ring substituents is 1. The quantitative estimate of drug-likeness (QED) is 0.649. The number of thiazole rings is 1. The number of carboxylic acids is 1. The van der Waals surface area contributed by atoms with E-state index >= 15 is 0 Å². The Balaban J connectivity index is 2.24. The number of carboxylic acid groups (broad SMARTS) is 1. The summed E-state index contributed by atoms with van der Waals surface area (Å²) in [4.78, 5) is 24.3. The number of hydrogen-bond donors (Lipinski definition) is 2. The molecule has 1 aromatic heterocycles. The summed E-state index contributed by atoms with van der Waals surface area (Å²) >= 11 is 0.981. The summed E-state index contributed by atoms with van der Waals surface area (Å²) in [6.45, 7) is -0.168. The third-order valence-corrected chi connectivity index (χ3v) is 3.31. The van der Waals surface area contributed by atoms with Crippen molar-refractivity contribution in [3.63, 3.8) is 0 Å². The molecule has 0 unspecified atom stereocenters. The molecule has 7 nitrogen and oxygen atoms in total. The highest BCUT2D eigenvalue weighted by molar-refractivity contribution is 7.09. The van der Waals surface area contributed by atoms with Crippen molar-refractivity contribution in [1.82, 2.24) is 4.98 Å². The van der Waals surface area contributed by atoms with Crippen molar-refractivity contribution in [2.75, 3.05) is 5.32 Å². The molecule has 0 saturated carbocycles. The van der Waals surface area contributed by atoms with Crippen LogP contribution in [0.3, 0.4) is 0 Å². The largest absolute Gasteiger partial charge is 0.476 e. The van der Waals surface area contributed by atoms with Crippen molar-refractivity contribution in [1.29, 1.82) is 0 Å². The molecule has 110 valence electrons. The predicted molar refractivity (Wildman–Crippen MR) is 69.4 cm³/mol. The van der Waals surface area contributed by atoms with Gasteiger partial charge >= 0.3 is 5.97 Å². The zero-order valence-electron chi connectivity index (χ0n) is 10.2. The van der Waals surface area contributed by atoms with Gasteiger partial charge in [-0.25, -0.2) is 18.6 Å². The fourth-order valence-corrected chi connectivity index (χ4v) is 2.22. The van der Waals surface area contributed by atoms with E-state index in [1.807, 2.05) is 0 Å². The summed E-state index contributed by atoms with van der Waals surface area (Å²) in [5, 5.41) is 23.4. The van der Waals surface area contributed by atoms with Crippen LogP contribution in [0.1, 0.15) is 15.5 Å². The molecule has 0 atom stereocenters. The fourth-order valence-electron chi connectivity index (χ4n) is 1.52. The first-order chi connectivity index (χ1) is 9.90. The molecular weight excluding hydrogens is 308 g/mol. The van der Waals surface area contributed by atoms with Crippen molar-refractivity contribution < 1.29 is 23.6 Å². The van der Waals surface area contributed by atoms with Crippen LogP contribution < -0.4 is 5.32 Å². The number of rotatable bonds is 5. The average Bonchev–Trinajstić information content (AvgIpc) is 2.89. The van der Waals surface area contributed by atoms with Crippen molar-refractivity contribution in [3.8, 4) is 0 Å². The summed E-state index contributed by atoms with van der Waals surface area (Å²) in [6.07, 6.45) is 0. The van der Waals surface area contributed by atoms with Gasteiger partial charge in [-0.05, 0) is 6.07 Å². The second-order valence-corrected chi connectivity index (χ2v) is 4.74. The fraction of sp³-hybridized carbons (Fsp3) is 0.0909. The predicted octanol–water partition coefficient (Wildman–Crippen LogP) is 2.64. The smallest absolute Gasteiger partial charge is 0.355 e. The maximum absolute atomic E-state index is 13.6. The Bertz CT molecular complexity index is 719. The first-order valence-electron chi connectivity index (χ1n) is 5.44. The number of halogens is 2. The van der Waals surface area contributed by atoms with Gasteiger partial charge in [0, 0.05) is 11.4 Å². The summed E-state index contributed by atoms with van der Waals surface area (Å²) < 4.78 is 26.7. The molecule has 10 heteroatoms. The Morgan fingerprint density at radius 1 is 1.48 bits per heavy atom. The first kappa shape index (κ1) is 14.8. The van der Waals surface area contributed by atoms with Crippen LogP contribution >= 0.6 is 11.3 Å². The van der Waals surface area contributed by atoms with Gasteiger partial charge in [-0.2, -0.15) is 0 Å². The van der Waals surface area contributed by atoms with Crippen molar-refractivity contribution in [2.45, 2.75) is 6.54 Å². The molecular formula is C11H7F2N3O4S. The third-order valence-electron chi connectivity index (χ3n) is 2.46. The van der Waals surface area contributed by atoms with E-state index in [0.29, 0.717) is 6.07 Å². The summed E-state index contributed by atoms with van der Waals surface area (Å²) in [7, 11) is 0. The molecule has 0 aliphatic rings. The minimum Gasteiger partial charge on any atom is -0.476 e. The van der Waals surface area contributed by atoms with Gasteiger partial charge in [-0.15, -0.1) is 11.3 Å². The minimum atomic E-state index is -1.38. The van der Waals surface area contributed by atoms with Gasteiger partial charge < -0.3 is 10.4 Å². The number of anilines is 1. The molecule has 1 heterocycles. The maximum Gasteiger partial charge on any atom is 0.355 e. The molecule has 2 rings (SSSR count). The summed E-state index contributed by atoms with van der Waals surface area (Å²) in [6, 6.07) is 1.50. The third kappa shape index (κ3) is 3.11. The van der Waals surface area contributed by atoms with E-state index in [4.69, 9.17) is 5.11 Å². The Morgan fingerprint density at radius 2 is 2.19 bits per heavy atom. The van der Waals surface area contributed by atoms with Gasteiger partial charge in [-0.1, -0.05) is 0 Å². The lowest BCUT2D eigenvalue weighted by Gasteiger charge is -2.07. The highest BCUT2D eigenvalue weighted by Crippen LogP contribution is 2.29. The summed E-state index contributed by atoms with van der Waals surface area (Å²) in [5.74, 6) is -3.83. The average molecular weight is 315 g/mol. The zero-order chi connectivity index (χ0) is 15.6. The molecule has 0 bridgehead atoms. The molecule has 0 radical (unpaired) electrons. The van der Waals surface area contributed by atoms with Crippen LogP contribution in [0.4, 0.5) is 20.2 Å². The number of nitro groups is 1.